The van der Waals surface area contributed by atoms with E-state index in [1.54, 1.807) is 6.08 Å². The zero-order chi connectivity index (χ0) is 14.7. The van der Waals surface area contributed by atoms with Gasteiger partial charge in [0.25, 0.3) is 5.91 Å². The van der Waals surface area contributed by atoms with Crippen molar-refractivity contribution < 1.29 is 4.79 Å². The zero-order valence-electron chi connectivity index (χ0n) is 11.0. The molecule has 2 aliphatic heterocycles. The van der Waals surface area contributed by atoms with Gasteiger partial charge in [-0.15, -0.1) is 11.8 Å². The summed E-state index contributed by atoms with van der Waals surface area (Å²) in [7, 11) is 0. The van der Waals surface area contributed by atoms with Gasteiger partial charge in [0.1, 0.15) is 5.16 Å². The fraction of sp³-hybridized carbons (Fsp3) is 0.231. The largest absolute Gasteiger partial charge is 0.372 e. The van der Waals surface area contributed by atoms with Crippen molar-refractivity contribution >= 4 is 35.2 Å². The minimum Gasteiger partial charge on any atom is -0.372 e. The summed E-state index contributed by atoms with van der Waals surface area (Å²) in [5.74, 6) is 0.207. The van der Waals surface area contributed by atoms with Gasteiger partial charge in [0.05, 0.1) is 5.88 Å². The first-order valence-corrected chi connectivity index (χ1v) is 7.30. The van der Waals surface area contributed by atoms with Crippen molar-refractivity contribution in [1.29, 1.82) is 0 Å². The number of nitrogens with two attached hydrogens (primary N) is 1. The van der Waals surface area contributed by atoms with E-state index in [0.717, 1.165) is 16.1 Å². The molecule has 0 bridgehead atoms. The molecule has 7 heteroatoms. The highest BCUT2D eigenvalue weighted by molar-refractivity contribution is 8.03. The predicted molar refractivity (Wildman–Crippen MR) is 84.1 cm³/mol. The van der Waals surface area contributed by atoms with Crippen molar-refractivity contribution in [3.8, 4) is 0 Å². The van der Waals surface area contributed by atoms with Crippen LogP contribution in [0.15, 0.2) is 50.5 Å². The number of rotatable bonds is 1. The van der Waals surface area contributed by atoms with Crippen LogP contribution in [0.5, 0.6) is 0 Å². The summed E-state index contributed by atoms with van der Waals surface area (Å²) in [6, 6.07) is 0. The number of halogens is 1. The highest BCUT2D eigenvalue weighted by Gasteiger charge is 2.19. The molecule has 0 aromatic rings. The van der Waals surface area contributed by atoms with Crippen molar-refractivity contribution in [3.05, 3.63) is 45.5 Å². The molecule has 2 rings (SSSR count). The number of amides is 1. The molecule has 0 aromatic heterocycles. The third-order valence-electron chi connectivity index (χ3n) is 2.92. The minimum absolute atomic E-state index is 0.108. The number of dihydropyridines is 1. The van der Waals surface area contributed by atoms with Gasteiger partial charge in [-0.25, -0.2) is 4.99 Å². The molecule has 0 fully saturated rings. The summed E-state index contributed by atoms with van der Waals surface area (Å²) in [6.07, 6.45) is 3.72. The van der Waals surface area contributed by atoms with Gasteiger partial charge in [-0.1, -0.05) is 24.3 Å². The Kier molecular flexibility index (Phi) is 4.57. The topological polar surface area (TPSA) is 79.5 Å². The number of guanidine groups is 1. The average molecular weight is 311 g/mol. The lowest BCUT2D eigenvalue weighted by Gasteiger charge is -2.18. The molecular weight excluding hydrogens is 296 g/mol. The molecule has 4 N–H and O–H groups in total. The lowest BCUT2D eigenvalue weighted by atomic mass is 10.0. The normalized spacial score (nSPS) is 27.0. The number of thioether (sulfide) groups is 1. The molecule has 0 spiro atoms. The maximum atomic E-state index is 11.9. The first-order chi connectivity index (χ1) is 9.49. The van der Waals surface area contributed by atoms with E-state index in [9.17, 15) is 4.79 Å². The summed E-state index contributed by atoms with van der Waals surface area (Å²) >= 11 is 7.39. The first-order valence-electron chi connectivity index (χ1n) is 5.94. The summed E-state index contributed by atoms with van der Waals surface area (Å²) in [5.41, 5.74) is 7.85. The lowest BCUT2D eigenvalue weighted by molar-refractivity contribution is -0.115. The van der Waals surface area contributed by atoms with Crippen LogP contribution in [0.4, 0.5) is 0 Å². The van der Waals surface area contributed by atoms with Crippen LogP contribution in [-0.2, 0) is 4.79 Å². The number of aliphatic imine (C=N–C) groups is 1. The van der Waals surface area contributed by atoms with E-state index < -0.39 is 0 Å². The monoisotopic (exact) mass is 310 g/mol. The van der Waals surface area contributed by atoms with Crippen molar-refractivity contribution in [3.63, 3.8) is 0 Å². The number of allylic oxidation sites excluding steroid dienone is 2. The van der Waals surface area contributed by atoms with E-state index in [-0.39, 0.29) is 11.9 Å². The first kappa shape index (κ1) is 14.7. The van der Waals surface area contributed by atoms with E-state index in [4.69, 9.17) is 17.3 Å². The predicted octanol–water partition coefficient (Wildman–Crippen LogP) is 1.56. The van der Waals surface area contributed by atoms with Crippen molar-refractivity contribution in [2.75, 3.05) is 12.4 Å². The average Bonchev–Trinajstić information content (AvgIpc) is 2.46. The number of nitrogens with zero attached hydrogens (tertiary/aromatic N) is 1. The summed E-state index contributed by atoms with van der Waals surface area (Å²) in [6.45, 7) is 6.30. The molecule has 0 saturated carbocycles. The van der Waals surface area contributed by atoms with Gasteiger partial charge in [-0.05, 0) is 24.1 Å². The Bertz CT molecular complexity index is 589. The smallest absolute Gasteiger partial charge is 0.257 e. The molecule has 0 aliphatic carbocycles. The minimum atomic E-state index is -0.332. The Morgan fingerprint density at radius 3 is 2.90 bits per heavy atom. The molecule has 0 atom stereocenters. The van der Waals surface area contributed by atoms with Crippen LogP contribution in [0, 0.1) is 0 Å². The molecule has 5 nitrogen and oxygen atoms in total. The molecule has 106 valence electrons. The van der Waals surface area contributed by atoms with E-state index in [0.29, 0.717) is 23.2 Å². The Balaban J connectivity index is 2.40. The number of carbonyl (C=O) groups excluding carboxylic acids is 1. The number of hydrogen-bond donors (Lipinski definition) is 3. The van der Waals surface area contributed by atoms with Gasteiger partial charge in [0.15, 0.2) is 5.96 Å². The molecule has 0 saturated heterocycles. The molecule has 2 aliphatic rings. The van der Waals surface area contributed by atoms with Gasteiger partial charge in [0, 0.05) is 17.0 Å². The van der Waals surface area contributed by atoms with Crippen molar-refractivity contribution in [2.24, 2.45) is 10.7 Å². The Morgan fingerprint density at radius 2 is 2.25 bits per heavy atom. The fourth-order valence-corrected chi connectivity index (χ4v) is 2.90. The summed E-state index contributed by atoms with van der Waals surface area (Å²) in [5, 5.41) is 6.16. The van der Waals surface area contributed by atoms with E-state index in [1.165, 1.54) is 11.8 Å². The van der Waals surface area contributed by atoms with E-state index >= 15 is 0 Å². The van der Waals surface area contributed by atoms with Crippen LogP contribution >= 0.6 is 23.4 Å². The Labute approximate surface area is 126 Å². The molecular formula is C13H15ClN4OS. The Morgan fingerprint density at radius 1 is 1.50 bits per heavy atom. The van der Waals surface area contributed by atoms with E-state index in [2.05, 4.69) is 22.2 Å². The van der Waals surface area contributed by atoms with Crippen LogP contribution in [0.2, 0.25) is 0 Å². The van der Waals surface area contributed by atoms with Crippen LogP contribution in [0.25, 0.3) is 0 Å². The van der Waals surface area contributed by atoms with Gasteiger partial charge >= 0.3 is 0 Å². The maximum Gasteiger partial charge on any atom is 0.257 e. The maximum absolute atomic E-state index is 11.9. The SMILES string of the molecule is C=C1C(=O)N/C(N)=N\CS/C(C2=CC=C(Cl)NC2)=C\1C. The molecule has 2 heterocycles. The lowest BCUT2D eigenvalue weighted by Crippen LogP contribution is -2.37. The standard InChI is InChI=1S/C13H15ClN4OS/c1-7-8(2)12(19)18-13(15)17-6-20-11(7)9-3-4-10(14)16-5-9/h3-4,16H,2,5-6H2,1H3,(H3,15,17,18,19)/b11-7-. The summed E-state index contributed by atoms with van der Waals surface area (Å²) < 4.78 is 0. The van der Waals surface area contributed by atoms with Gasteiger partial charge in [0.2, 0.25) is 0 Å². The zero-order valence-corrected chi connectivity index (χ0v) is 12.6. The second-order valence-electron chi connectivity index (χ2n) is 4.26. The summed E-state index contributed by atoms with van der Waals surface area (Å²) in [4.78, 5) is 17.0. The van der Waals surface area contributed by atoms with Crippen LogP contribution < -0.4 is 16.4 Å². The number of carbonyl (C=O) groups is 1. The molecule has 0 aromatic carbocycles. The van der Waals surface area contributed by atoms with Gasteiger partial charge in [-0.3, -0.25) is 10.1 Å². The number of hydrogen-bond acceptors (Lipinski definition) is 5. The van der Waals surface area contributed by atoms with Crippen molar-refractivity contribution in [2.45, 2.75) is 6.92 Å². The van der Waals surface area contributed by atoms with Crippen molar-refractivity contribution in [1.82, 2.24) is 10.6 Å². The second kappa shape index (κ2) is 6.19. The molecule has 20 heavy (non-hydrogen) atoms. The number of nitrogens with one attached hydrogen (secondary N) is 2. The highest BCUT2D eigenvalue weighted by Crippen LogP contribution is 2.32. The molecule has 1 amide bonds. The second-order valence-corrected chi connectivity index (χ2v) is 5.63. The molecule has 0 radical (unpaired) electrons. The van der Waals surface area contributed by atoms with Gasteiger partial charge in [-0.2, -0.15) is 0 Å². The highest BCUT2D eigenvalue weighted by atomic mass is 35.5. The third kappa shape index (κ3) is 3.26. The fourth-order valence-electron chi connectivity index (χ4n) is 1.77. The van der Waals surface area contributed by atoms with E-state index in [1.807, 2.05) is 13.0 Å². The molecule has 0 unspecified atom stereocenters. The third-order valence-corrected chi connectivity index (χ3v) is 4.30. The van der Waals surface area contributed by atoms with Crippen LogP contribution in [0.3, 0.4) is 0 Å². The van der Waals surface area contributed by atoms with Gasteiger partial charge < -0.3 is 11.1 Å². The van der Waals surface area contributed by atoms with Crippen LogP contribution in [0.1, 0.15) is 6.92 Å². The quantitative estimate of drug-likeness (QED) is 0.507. The Hall–Kier alpha value is -1.66. The van der Waals surface area contributed by atoms with Crippen LogP contribution in [-0.4, -0.2) is 24.3 Å².